The van der Waals surface area contributed by atoms with Crippen molar-refractivity contribution in [3.63, 3.8) is 0 Å². The number of piperidine rings is 1. The molecular weight excluding hydrogens is 421 g/mol. The Hall–Kier alpha value is -3.04. The van der Waals surface area contributed by atoms with Crippen LogP contribution in [0.1, 0.15) is 18.4 Å². The molecule has 4 heterocycles. The van der Waals surface area contributed by atoms with Gasteiger partial charge in [0.2, 0.25) is 0 Å². The van der Waals surface area contributed by atoms with Crippen molar-refractivity contribution in [2.45, 2.75) is 24.8 Å². The molecule has 0 bridgehead atoms. The van der Waals surface area contributed by atoms with E-state index in [-0.39, 0.29) is 0 Å². The van der Waals surface area contributed by atoms with Gasteiger partial charge in [0, 0.05) is 43.8 Å². The molecule has 9 heteroatoms. The summed E-state index contributed by atoms with van der Waals surface area (Å²) in [7, 11) is 0. The molecule has 5 rings (SSSR count). The molecule has 0 aliphatic carbocycles. The highest BCUT2D eigenvalue weighted by molar-refractivity contribution is 5.67. The fourth-order valence-corrected chi connectivity index (χ4v) is 4.07. The van der Waals surface area contributed by atoms with Crippen LogP contribution >= 0.6 is 0 Å². The van der Waals surface area contributed by atoms with Crippen LogP contribution in [0.25, 0.3) is 22.8 Å². The van der Waals surface area contributed by atoms with Crippen molar-refractivity contribution >= 4 is 5.82 Å². The zero-order valence-corrected chi connectivity index (χ0v) is 17.2. The number of nitrogens with zero attached hydrogens (tertiary/aromatic N) is 4. The first-order valence-corrected chi connectivity index (χ1v) is 10.4. The largest absolute Gasteiger partial charge is 0.416 e. The van der Waals surface area contributed by atoms with E-state index in [2.05, 4.69) is 19.9 Å². The van der Waals surface area contributed by atoms with Crippen LogP contribution in [-0.4, -0.2) is 47.0 Å². The van der Waals surface area contributed by atoms with E-state index < -0.39 is 17.5 Å². The van der Waals surface area contributed by atoms with E-state index in [1.54, 1.807) is 30.5 Å². The summed E-state index contributed by atoms with van der Waals surface area (Å²) >= 11 is 0. The zero-order chi connectivity index (χ0) is 22.2. The molecule has 0 radical (unpaired) electrons. The fourth-order valence-electron chi connectivity index (χ4n) is 4.07. The molecule has 2 saturated heterocycles. The van der Waals surface area contributed by atoms with Crippen LogP contribution < -0.4 is 4.90 Å². The van der Waals surface area contributed by atoms with Crippen molar-refractivity contribution in [2.24, 2.45) is 0 Å². The zero-order valence-electron chi connectivity index (χ0n) is 17.2. The molecule has 2 aliphatic heterocycles. The van der Waals surface area contributed by atoms with Gasteiger partial charge in [-0.1, -0.05) is 18.2 Å². The van der Waals surface area contributed by atoms with Gasteiger partial charge in [-0.05, 0) is 24.3 Å². The van der Waals surface area contributed by atoms with Crippen LogP contribution in [0.2, 0.25) is 0 Å². The van der Waals surface area contributed by atoms with Gasteiger partial charge in [0.15, 0.2) is 11.6 Å². The Morgan fingerprint density at radius 2 is 1.66 bits per heavy atom. The molecule has 0 saturated carbocycles. The maximum Gasteiger partial charge on any atom is 0.416 e. The number of ether oxygens (including phenoxy) is 2. The number of benzene rings is 1. The first kappa shape index (κ1) is 20.8. The van der Waals surface area contributed by atoms with Crippen LogP contribution in [0.3, 0.4) is 0 Å². The summed E-state index contributed by atoms with van der Waals surface area (Å²) in [5.41, 5.74) is 0.621. The highest BCUT2D eigenvalue weighted by atomic mass is 19.4. The molecule has 0 atom stereocenters. The van der Waals surface area contributed by atoms with Crippen molar-refractivity contribution < 1.29 is 22.6 Å². The highest BCUT2D eigenvalue weighted by Gasteiger charge is 2.40. The van der Waals surface area contributed by atoms with Gasteiger partial charge >= 0.3 is 6.18 Å². The minimum atomic E-state index is -4.43. The van der Waals surface area contributed by atoms with Crippen LogP contribution in [0.5, 0.6) is 0 Å². The number of halogens is 3. The maximum absolute atomic E-state index is 13.3. The van der Waals surface area contributed by atoms with E-state index >= 15 is 0 Å². The Bertz CT molecular complexity index is 1090. The molecule has 0 N–H and O–H groups in total. The quantitative estimate of drug-likeness (QED) is 0.592. The number of alkyl halides is 3. The third kappa shape index (κ3) is 4.18. The number of pyridine rings is 1. The van der Waals surface area contributed by atoms with E-state index in [9.17, 15) is 13.2 Å². The lowest BCUT2D eigenvalue weighted by atomic mass is 10.0. The average Bonchev–Trinajstić information content (AvgIpc) is 3.27. The predicted molar refractivity (Wildman–Crippen MR) is 112 cm³/mol. The third-order valence-electron chi connectivity index (χ3n) is 5.76. The van der Waals surface area contributed by atoms with E-state index in [1.165, 1.54) is 6.07 Å². The number of hydrogen-bond donors (Lipinski definition) is 0. The summed E-state index contributed by atoms with van der Waals surface area (Å²) in [6.45, 7) is 2.50. The Balaban J connectivity index is 1.53. The first-order valence-electron chi connectivity index (χ1n) is 10.4. The van der Waals surface area contributed by atoms with Gasteiger partial charge in [0.1, 0.15) is 11.5 Å². The van der Waals surface area contributed by atoms with E-state index in [1.807, 2.05) is 6.07 Å². The molecule has 2 aromatic heterocycles. The Labute approximate surface area is 183 Å². The van der Waals surface area contributed by atoms with Gasteiger partial charge in [0.05, 0.1) is 24.5 Å². The van der Waals surface area contributed by atoms with Gasteiger partial charge in [-0.15, -0.1) is 0 Å². The lowest BCUT2D eigenvalue weighted by Gasteiger charge is -2.38. The minimum Gasteiger partial charge on any atom is -0.356 e. The number of aromatic nitrogens is 3. The number of hydrogen-bond acceptors (Lipinski definition) is 6. The second-order valence-electron chi connectivity index (χ2n) is 7.82. The predicted octanol–water partition coefficient (Wildman–Crippen LogP) is 4.57. The molecule has 0 unspecified atom stereocenters. The first-order chi connectivity index (χ1) is 15.4. The van der Waals surface area contributed by atoms with Gasteiger partial charge < -0.3 is 14.4 Å². The van der Waals surface area contributed by atoms with E-state index in [4.69, 9.17) is 9.47 Å². The molecule has 32 heavy (non-hydrogen) atoms. The van der Waals surface area contributed by atoms with Gasteiger partial charge in [-0.25, -0.2) is 9.97 Å². The second-order valence-corrected chi connectivity index (χ2v) is 7.82. The number of anilines is 1. The SMILES string of the molecule is FC(F)(F)c1cccc(-c2cc(N3CCC4(CC3)OCCO4)nc(-c3ccccn3)n2)c1. The second kappa shape index (κ2) is 8.14. The normalized spacial score (nSPS) is 18.3. The van der Waals surface area contributed by atoms with Crippen molar-refractivity contribution in [2.75, 3.05) is 31.2 Å². The molecule has 2 aliphatic rings. The van der Waals surface area contributed by atoms with E-state index in [0.29, 0.717) is 67.7 Å². The van der Waals surface area contributed by atoms with Crippen LogP contribution in [0, 0.1) is 0 Å². The summed E-state index contributed by atoms with van der Waals surface area (Å²) < 4.78 is 51.4. The highest BCUT2D eigenvalue weighted by Crippen LogP contribution is 2.35. The molecular formula is C23H21F3N4O2. The Morgan fingerprint density at radius 3 is 2.34 bits per heavy atom. The lowest BCUT2D eigenvalue weighted by molar-refractivity contribution is -0.169. The molecule has 3 aromatic rings. The summed E-state index contributed by atoms with van der Waals surface area (Å²) in [4.78, 5) is 15.6. The monoisotopic (exact) mass is 442 g/mol. The van der Waals surface area contributed by atoms with Crippen molar-refractivity contribution in [3.8, 4) is 22.8 Å². The fraction of sp³-hybridized carbons (Fsp3) is 0.348. The maximum atomic E-state index is 13.3. The lowest BCUT2D eigenvalue weighted by Crippen LogP contribution is -2.45. The van der Waals surface area contributed by atoms with Gasteiger partial charge in [0.25, 0.3) is 0 Å². The van der Waals surface area contributed by atoms with Crippen LogP contribution in [0.4, 0.5) is 19.0 Å². The van der Waals surface area contributed by atoms with Crippen molar-refractivity contribution in [1.82, 2.24) is 15.0 Å². The van der Waals surface area contributed by atoms with Crippen molar-refractivity contribution in [1.29, 1.82) is 0 Å². The molecule has 166 valence electrons. The number of rotatable bonds is 3. The Kier molecular flexibility index (Phi) is 5.30. The summed E-state index contributed by atoms with van der Waals surface area (Å²) in [6.07, 6.45) is -1.42. The molecule has 1 aromatic carbocycles. The van der Waals surface area contributed by atoms with Gasteiger partial charge in [-0.2, -0.15) is 13.2 Å². The van der Waals surface area contributed by atoms with Crippen LogP contribution in [-0.2, 0) is 15.7 Å². The topological polar surface area (TPSA) is 60.4 Å². The Morgan fingerprint density at radius 1 is 0.875 bits per heavy atom. The van der Waals surface area contributed by atoms with Gasteiger partial charge in [-0.3, -0.25) is 4.98 Å². The average molecular weight is 442 g/mol. The third-order valence-corrected chi connectivity index (χ3v) is 5.76. The summed E-state index contributed by atoms with van der Waals surface area (Å²) in [5, 5.41) is 0. The molecule has 2 fully saturated rings. The smallest absolute Gasteiger partial charge is 0.356 e. The molecule has 0 amide bonds. The summed E-state index contributed by atoms with van der Waals surface area (Å²) in [6, 6.07) is 12.3. The standard InChI is InChI=1S/C23H21F3N4O2/c24-23(25,26)17-5-3-4-16(14-17)19-15-20(29-21(28-19)18-6-1-2-9-27-18)30-10-7-22(8-11-30)31-12-13-32-22/h1-6,9,14-15H,7-8,10-13H2. The summed E-state index contributed by atoms with van der Waals surface area (Å²) in [5.74, 6) is 0.474. The molecule has 1 spiro atoms. The van der Waals surface area contributed by atoms with E-state index in [0.717, 1.165) is 12.1 Å². The molecule has 6 nitrogen and oxygen atoms in total. The van der Waals surface area contributed by atoms with Crippen LogP contribution in [0.15, 0.2) is 54.7 Å². The van der Waals surface area contributed by atoms with Crippen molar-refractivity contribution in [3.05, 3.63) is 60.3 Å². The minimum absolute atomic E-state index is 0.365.